The lowest BCUT2D eigenvalue weighted by atomic mass is 9.95. The molecule has 1 fully saturated rings. The summed E-state index contributed by atoms with van der Waals surface area (Å²) < 4.78 is 12.1. The maximum absolute atomic E-state index is 12.1. The Kier molecular flexibility index (Phi) is 8.03. The van der Waals surface area contributed by atoms with Gasteiger partial charge in [-0.15, -0.1) is 0 Å². The number of nitrogens with zero attached hydrogens (tertiary/aromatic N) is 2. The highest BCUT2D eigenvalue weighted by molar-refractivity contribution is 7.85. The molecule has 0 aromatic heterocycles. The molecule has 0 radical (unpaired) electrons. The topological polar surface area (TPSA) is 96.6 Å². The summed E-state index contributed by atoms with van der Waals surface area (Å²) in [5.74, 6) is 1.35. The van der Waals surface area contributed by atoms with E-state index < -0.39 is 10.8 Å². The van der Waals surface area contributed by atoms with Gasteiger partial charge in [0.05, 0.1) is 17.0 Å². The molecule has 0 heterocycles. The predicted octanol–water partition coefficient (Wildman–Crippen LogP) is 2.73. The molecule has 0 amide bonds. The summed E-state index contributed by atoms with van der Waals surface area (Å²) in [7, 11) is -0.770. The molecule has 1 aliphatic rings. The number of para-hydroxylation sites is 1. The lowest BCUT2D eigenvalue weighted by Crippen LogP contribution is -2.46. The first-order chi connectivity index (χ1) is 12.5. The van der Waals surface area contributed by atoms with Crippen molar-refractivity contribution in [1.29, 1.82) is 0 Å². The van der Waals surface area contributed by atoms with Crippen LogP contribution >= 0.6 is 0 Å². The van der Waals surface area contributed by atoms with E-state index in [2.05, 4.69) is 15.6 Å². The van der Waals surface area contributed by atoms with Gasteiger partial charge in [0, 0.05) is 40.5 Å². The molecule has 3 atom stereocenters. The van der Waals surface area contributed by atoms with Gasteiger partial charge in [-0.3, -0.25) is 14.3 Å². The summed E-state index contributed by atoms with van der Waals surface area (Å²) in [6.45, 7) is 4.90. The molecule has 3 unspecified atom stereocenters. The van der Waals surface area contributed by atoms with Crippen LogP contribution in [0, 0.1) is 10.1 Å². The summed E-state index contributed by atoms with van der Waals surface area (Å²) in [5, 5.41) is 18.0. The molecule has 2 rings (SSSR count). The van der Waals surface area contributed by atoms with E-state index in [1.807, 2.05) is 13.8 Å². The molecule has 2 N–H and O–H groups in total. The number of aliphatic imine (C=N–C) groups is 1. The zero-order valence-electron chi connectivity index (χ0n) is 15.4. The van der Waals surface area contributed by atoms with Crippen molar-refractivity contribution in [3.05, 3.63) is 39.9 Å². The molecule has 8 heteroatoms. The number of rotatable bonds is 7. The molecular weight excluding hydrogens is 352 g/mol. The van der Waals surface area contributed by atoms with Crippen LogP contribution in [-0.4, -0.2) is 38.7 Å². The van der Waals surface area contributed by atoms with E-state index in [1.54, 1.807) is 18.2 Å². The maximum Gasteiger partial charge on any atom is 0.274 e. The van der Waals surface area contributed by atoms with Gasteiger partial charge in [-0.2, -0.15) is 0 Å². The standard InChI is InChI=1S/C18H28N4O3S/c1-3-19-18(20-13-14-8-5-6-11-17(14)22(23)24)21-15-9-7-10-16(12-15)26(25)4-2/h5-6,8,11,15-16H,3-4,7,9-10,12-13H2,1-2H3,(H2,19,20,21). The lowest BCUT2D eigenvalue weighted by molar-refractivity contribution is -0.385. The molecule has 1 saturated carbocycles. The van der Waals surface area contributed by atoms with Gasteiger partial charge in [0.2, 0.25) is 0 Å². The Balaban J connectivity index is 2.05. The van der Waals surface area contributed by atoms with Crippen LogP contribution in [0.25, 0.3) is 0 Å². The Bertz CT molecular complexity index is 666. The first kappa shape index (κ1) is 20.4. The molecular formula is C18H28N4O3S. The highest BCUT2D eigenvalue weighted by Gasteiger charge is 2.26. The molecule has 26 heavy (non-hydrogen) atoms. The van der Waals surface area contributed by atoms with Crippen LogP contribution in [0.1, 0.15) is 45.1 Å². The molecule has 0 aliphatic heterocycles. The van der Waals surface area contributed by atoms with Crippen molar-refractivity contribution in [2.45, 2.75) is 57.4 Å². The van der Waals surface area contributed by atoms with E-state index in [0.717, 1.165) is 25.7 Å². The fourth-order valence-electron chi connectivity index (χ4n) is 3.25. The van der Waals surface area contributed by atoms with Crippen molar-refractivity contribution in [3.8, 4) is 0 Å². The van der Waals surface area contributed by atoms with Gasteiger partial charge in [-0.1, -0.05) is 31.5 Å². The summed E-state index contributed by atoms with van der Waals surface area (Å²) in [6.07, 6.45) is 3.96. The van der Waals surface area contributed by atoms with E-state index in [1.165, 1.54) is 6.07 Å². The third kappa shape index (κ3) is 5.79. The van der Waals surface area contributed by atoms with Gasteiger partial charge >= 0.3 is 0 Å². The van der Waals surface area contributed by atoms with Crippen LogP contribution in [0.4, 0.5) is 5.69 Å². The van der Waals surface area contributed by atoms with Crippen molar-refractivity contribution in [2.24, 2.45) is 4.99 Å². The number of benzene rings is 1. The van der Waals surface area contributed by atoms with Gasteiger partial charge in [0.1, 0.15) is 0 Å². The second-order valence-electron chi connectivity index (χ2n) is 6.38. The Hall–Kier alpha value is -1.96. The molecule has 7 nitrogen and oxygen atoms in total. The number of hydrogen-bond acceptors (Lipinski definition) is 4. The minimum Gasteiger partial charge on any atom is -0.357 e. The molecule has 0 spiro atoms. The van der Waals surface area contributed by atoms with Gasteiger partial charge in [0.25, 0.3) is 5.69 Å². The molecule has 0 bridgehead atoms. The van der Waals surface area contributed by atoms with Crippen molar-refractivity contribution in [1.82, 2.24) is 10.6 Å². The predicted molar refractivity (Wildman–Crippen MR) is 106 cm³/mol. The Morgan fingerprint density at radius 1 is 1.35 bits per heavy atom. The third-order valence-corrected chi connectivity index (χ3v) is 6.30. The fraction of sp³-hybridized carbons (Fsp3) is 0.611. The molecule has 144 valence electrons. The largest absolute Gasteiger partial charge is 0.357 e. The van der Waals surface area contributed by atoms with E-state index >= 15 is 0 Å². The van der Waals surface area contributed by atoms with E-state index in [9.17, 15) is 14.3 Å². The van der Waals surface area contributed by atoms with Crippen LogP contribution < -0.4 is 10.6 Å². The zero-order chi connectivity index (χ0) is 18.9. The quantitative estimate of drug-likeness (QED) is 0.328. The Labute approximate surface area is 157 Å². The zero-order valence-corrected chi connectivity index (χ0v) is 16.3. The lowest BCUT2D eigenvalue weighted by Gasteiger charge is -2.30. The van der Waals surface area contributed by atoms with E-state index in [-0.39, 0.29) is 28.4 Å². The SMILES string of the molecule is CCNC(=NCc1ccccc1[N+](=O)[O-])NC1CCCC(S(=O)CC)C1. The third-order valence-electron chi connectivity index (χ3n) is 4.56. The molecule has 0 saturated heterocycles. The highest BCUT2D eigenvalue weighted by atomic mass is 32.2. The van der Waals surface area contributed by atoms with Crippen LogP contribution in [0.2, 0.25) is 0 Å². The van der Waals surface area contributed by atoms with E-state index in [0.29, 0.717) is 23.8 Å². The van der Waals surface area contributed by atoms with Crippen molar-refractivity contribution in [3.63, 3.8) is 0 Å². The molecule has 1 aromatic rings. The summed E-state index contributed by atoms with van der Waals surface area (Å²) in [6, 6.07) is 6.89. The Morgan fingerprint density at radius 2 is 2.12 bits per heavy atom. The van der Waals surface area contributed by atoms with Crippen LogP contribution in [0.3, 0.4) is 0 Å². The number of nitro benzene ring substituents is 1. The first-order valence-corrected chi connectivity index (χ1v) is 10.6. The normalized spacial score (nSPS) is 21.8. The van der Waals surface area contributed by atoms with Gasteiger partial charge < -0.3 is 10.6 Å². The first-order valence-electron chi connectivity index (χ1n) is 9.19. The van der Waals surface area contributed by atoms with Crippen LogP contribution in [0.15, 0.2) is 29.3 Å². The average molecular weight is 381 g/mol. The van der Waals surface area contributed by atoms with Crippen molar-refractivity contribution < 1.29 is 9.13 Å². The summed E-state index contributed by atoms with van der Waals surface area (Å²) >= 11 is 0. The molecule has 1 aromatic carbocycles. The monoisotopic (exact) mass is 380 g/mol. The van der Waals surface area contributed by atoms with Gasteiger partial charge in [-0.25, -0.2) is 4.99 Å². The van der Waals surface area contributed by atoms with Crippen LogP contribution in [0.5, 0.6) is 0 Å². The second-order valence-corrected chi connectivity index (χ2v) is 8.39. The Morgan fingerprint density at radius 3 is 2.81 bits per heavy atom. The van der Waals surface area contributed by atoms with Crippen molar-refractivity contribution >= 4 is 22.4 Å². The summed E-state index contributed by atoms with van der Waals surface area (Å²) in [5.41, 5.74) is 0.673. The van der Waals surface area contributed by atoms with Crippen LogP contribution in [-0.2, 0) is 17.3 Å². The molecule has 1 aliphatic carbocycles. The van der Waals surface area contributed by atoms with E-state index in [4.69, 9.17) is 0 Å². The van der Waals surface area contributed by atoms with Gasteiger partial charge in [-0.05, 0) is 26.2 Å². The maximum atomic E-state index is 12.1. The number of hydrogen-bond donors (Lipinski definition) is 2. The van der Waals surface area contributed by atoms with Crippen molar-refractivity contribution in [2.75, 3.05) is 12.3 Å². The summed E-state index contributed by atoms with van der Waals surface area (Å²) in [4.78, 5) is 15.3. The fourth-order valence-corrected chi connectivity index (χ4v) is 4.60. The minimum absolute atomic E-state index is 0.0863. The number of nitrogens with one attached hydrogen (secondary N) is 2. The van der Waals surface area contributed by atoms with Gasteiger partial charge in [0.15, 0.2) is 5.96 Å². The minimum atomic E-state index is -0.770. The smallest absolute Gasteiger partial charge is 0.274 e. The second kappa shape index (κ2) is 10.3. The number of guanidine groups is 1. The average Bonchev–Trinajstić information content (AvgIpc) is 2.66. The highest BCUT2D eigenvalue weighted by Crippen LogP contribution is 2.23. The number of nitro groups is 1.